The second-order valence-electron chi connectivity index (χ2n) is 7.81. The zero-order valence-electron chi connectivity index (χ0n) is 17.0. The Kier molecular flexibility index (Phi) is 4.89. The number of rotatable bonds is 4. The third kappa shape index (κ3) is 3.59. The predicted molar refractivity (Wildman–Crippen MR) is 115 cm³/mol. The molecule has 3 aromatic rings. The highest BCUT2D eigenvalue weighted by Crippen LogP contribution is 2.34. The molecule has 0 bridgehead atoms. The van der Waals surface area contributed by atoms with E-state index in [9.17, 15) is 19.7 Å². The van der Waals surface area contributed by atoms with Gasteiger partial charge in [-0.05, 0) is 31.0 Å². The maximum Gasteiger partial charge on any atom is 0.270 e. The van der Waals surface area contributed by atoms with Gasteiger partial charge in [0, 0.05) is 60.0 Å². The van der Waals surface area contributed by atoms with Gasteiger partial charge in [-0.2, -0.15) is 0 Å². The van der Waals surface area contributed by atoms with Crippen molar-refractivity contribution in [2.45, 2.75) is 12.8 Å². The molecule has 0 unspecified atom stereocenters. The number of hydrogen-bond donors (Lipinski definition) is 2. The second kappa shape index (κ2) is 7.88. The van der Waals surface area contributed by atoms with Crippen LogP contribution in [0.2, 0.25) is 0 Å². The SMILES string of the molecule is O=C(Nc1ccc2c(c1)OCO2)C1CCN(C(=O)c2c[nH]c3ccc([N+](=O)[O-])cc23)CC1. The standard InChI is InChI=1S/C22H20N4O6/c27-21(24-14-1-4-19-20(9-14)32-12-31-19)13-5-7-25(8-6-13)22(28)17-11-23-18-3-2-15(26(29)30)10-16(17)18/h1-4,9-11,13,23H,5-8,12H2,(H,24,27). The largest absolute Gasteiger partial charge is 0.454 e. The Balaban J connectivity index is 1.23. The first-order valence-electron chi connectivity index (χ1n) is 10.2. The van der Waals surface area contributed by atoms with Crippen molar-refractivity contribution >= 4 is 34.1 Å². The van der Waals surface area contributed by atoms with Crippen molar-refractivity contribution < 1.29 is 24.0 Å². The van der Waals surface area contributed by atoms with E-state index in [-0.39, 0.29) is 30.2 Å². The lowest BCUT2D eigenvalue weighted by Gasteiger charge is -2.31. The van der Waals surface area contributed by atoms with E-state index in [1.54, 1.807) is 35.4 Å². The number of nitro benzene ring substituents is 1. The lowest BCUT2D eigenvalue weighted by molar-refractivity contribution is -0.384. The molecule has 1 aromatic heterocycles. The maximum atomic E-state index is 13.0. The van der Waals surface area contributed by atoms with Crippen molar-refractivity contribution in [1.82, 2.24) is 9.88 Å². The minimum Gasteiger partial charge on any atom is -0.454 e. The van der Waals surface area contributed by atoms with Crippen LogP contribution in [0.3, 0.4) is 0 Å². The lowest BCUT2D eigenvalue weighted by Crippen LogP contribution is -2.41. The van der Waals surface area contributed by atoms with E-state index in [0.717, 1.165) is 0 Å². The number of amides is 2. The molecule has 164 valence electrons. The molecule has 10 nitrogen and oxygen atoms in total. The van der Waals surface area contributed by atoms with Crippen LogP contribution in [0.15, 0.2) is 42.6 Å². The first kappa shape index (κ1) is 19.9. The molecule has 0 radical (unpaired) electrons. The molecule has 2 amide bonds. The van der Waals surface area contributed by atoms with Crippen LogP contribution in [0.4, 0.5) is 11.4 Å². The molecule has 0 aliphatic carbocycles. The van der Waals surface area contributed by atoms with Crippen molar-refractivity contribution in [3.8, 4) is 11.5 Å². The number of hydrogen-bond acceptors (Lipinski definition) is 6. The number of nitrogens with zero attached hydrogens (tertiary/aromatic N) is 2. The lowest BCUT2D eigenvalue weighted by atomic mass is 9.95. The molecular formula is C22H20N4O6. The Hall–Kier alpha value is -4.08. The summed E-state index contributed by atoms with van der Waals surface area (Å²) in [7, 11) is 0. The summed E-state index contributed by atoms with van der Waals surface area (Å²) in [5, 5.41) is 14.5. The molecule has 2 N–H and O–H groups in total. The summed E-state index contributed by atoms with van der Waals surface area (Å²) >= 11 is 0. The fourth-order valence-electron chi connectivity index (χ4n) is 4.13. The van der Waals surface area contributed by atoms with Gasteiger partial charge in [0.15, 0.2) is 11.5 Å². The number of aromatic amines is 1. The number of aromatic nitrogens is 1. The molecule has 3 heterocycles. The van der Waals surface area contributed by atoms with Crippen molar-refractivity contribution in [1.29, 1.82) is 0 Å². The molecule has 0 saturated carbocycles. The van der Waals surface area contributed by atoms with Gasteiger partial charge in [-0.25, -0.2) is 0 Å². The summed E-state index contributed by atoms with van der Waals surface area (Å²) in [5.74, 6) is 0.734. The van der Waals surface area contributed by atoms with Crippen LogP contribution in [-0.4, -0.2) is 46.5 Å². The third-order valence-electron chi connectivity index (χ3n) is 5.90. The summed E-state index contributed by atoms with van der Waals surface area (Å²) in [6, 6.07) is 9.65. The van der Waals surface area contributed by atoms with Gasteiger partial charge in [-0.3, -0.25) is 19.7 Å². The Labute approximate surface area is 182 Å². The summed E-state index contributed by atoms with van der Waals surface area (Å²) in [6.45, 7) is 1.03. The molecule has 5 rings (SSSR count). The van der Waals surface area contributed by atoms with Crippen LogP contribution in [0, 0.1) is 16.0 Å². The maximum absolute atomic E-state index is 13.0. The molecule has 2 aromatic carbocycles. The van der Waals surface area contributed by atoms with Gasteiger partial charge >= 0.3 is 0 Å². The van der Waals surface area contributed by atoms with E-state index in [1.165, 1.54) is 12.1 Å². The van der Waals surface area contributed by atoms with E-state index >= 15 is 0 Å². The predicted octanol–water partition coefficient (Wildman–Crippen LogP) is 3.30. The number of fused-ring (bicyclic) bond motifs is 2. The quantitative estimate of drug-likeness (QED) is 0.477. The Bertz CT molecular complexity index is 1230. The second-order valence-corrected chi connectivity index (χ2v) is 7.81. The molecule has 0 spiro atoms. The van der Waals surface area contributed by atoms with Crippen LogP contribution >= 0.6 is 0 Å². The molecule has 32 heavy (non-hydrogen) atoms. The number of benzene rings is 2. The number of carbonyl (C=O) groups is 2. The number of piperidine rings is 1. The van der Waals surface area contributed by atoms with Crippen molar-refractivity contribution in [3.05, 3.63) is 58.3 Å². The number of carbonyl (C=O) groups excluding carboxylic acids is 2. The first-order chi connectivity index (χ1) is 15.5. The van der Waals surface area contributed by atoms with E-state index < -0.39 is 4.92 Å². The Morgan fingerprint density at radius 2 is 1.88 bits per heavy atom. The average Bonchev–Trinajstić information content (AvgIpc) is 3.44. The van der Waals surface area contributed by atoms with Crippen LogP contribution in [0.5, 0.6) is 11.5 Å². The van der Waals surface area contributed by atoms with E-state index in [1.807, 2.05) is 0 Å². The fourth-order valence-corrected chi connectivity index (χ4v) is 4.13. The summed E-state index contributed by atoms with van der Waals surface area (Å²) in [6.07, 6.45) is 2.64. The molecule has 1 saturated heterocycles. The topological polar surface area (TPSA) is 127 Å². The van der Waals surface area contributed by atoms with E-state index in [0.29, 0.717) is 59.6 Å². The number of ether oxygens (including phenoxy) is 2. The van der Waals surface area contributed by atoms with Crippen molar-refractivity contribution in [3.63, 3.8) is 0 Å². The first-order valence-corrected chi connectivity index (χ1v) is 10.2. The smallest absolute Gasteiger partial charge is 0.270 e. The molecule has 2 aliphatic heterocycles. The van der Waals surface area contributed by atoms with Gasteiger partial charge in [0.05, 0.1) is 10.5 Å². The number of nitro groups is 1. The fraction of sp³-hybridized carbons (Fsp3) is 0.273. The monoisotopic (exact) mass is 436 g/mol. The highest BCUT2D eigenvalue weighted by atomic mass is 16.7. The normalized spacial score (nSPS) is 15.7. The van der Waals surface area contributed by atoms with Gasteiger partial charge in [0.1, 0.15) is 0 Å². The molecule has 1 fully saturated rings. The van der Waals surface area contributed by atoms with Crippen molar-refractivity contribution in [2.24, 2.45) is 5.92 Å². The zero-order valence-corrected chi connectivity index (χ0v) is 17.0. The number of non-ortho nitro benzene ring substituents is 1. The number of H-pyrrole nitrogens is 1. The van der Waals surface area contributed by atoms with Gasteiger partial charge in [-0.15, -0.1) is 0 Å². The highest BCUT2D eigenvalue weighted by Gasteiger charge is 2.29. The van der Waals surface area contributed by atoms with Gasteiger partial charge in [0.2, 0.25) is 12.7 Å². The highest BCUT2D eigenvalue weighted by molar-refractivity contribution is 6.07. The summed E-state index contributed by atoms with van der Waals surface area (Å²) in [4.78, 5) is 41.0. The molecule has 2 aliphatic rings. The minimum absolute atomic E-state index is 0.0648. The Morgan fingerprint density at radius 1 is 1.09 bits per heavy atom. The minimum atomic E-state index is -0.481. The number of nitrogens with one attached hydrogen (secondary N) is 2. The number of anilines is 1. The van der Waals surface area contributed by atoms with Crippen LogP contribution < -0.4 is 14.8 Å². The van der Waals surface area contributed by atoms with Crippen LogP contribution in [0.1, 0.15) is 23.2 Å². The van der Waals surface area contributed by atoms with Gasteiger partial charge in [0.25, 0.3) is 11.6 Å². The van der Waals surface area contributed by atoms with Gasteiger partial charge in [-0.1, -0.05) is 0 Å². The average molecular weight is 436 g/mol. The Morgan fingerprint density at radius 3 is 2.66 bits per heavy atom. The van der Waals surface area contributed by atoms with E-state index in [2.05, 4.69) is 10.3 Å². The summed E-state index contributed by atoms with van der Waals surface area (Å²) in [5.41, 5.74) is 1.63. The van der Waals surface area contributed by atoms with Crippen molar-refractivity contribution in [2.75, 3.05) is 25.2 Å². The number of likely N-dealkylation sites (tertiary alicyclic amines) is 1. The molecule has 0 atom stereocenters. The zero-order chi connectivity index (χ0) is 22.2. The molecule has 10 heteroatoms. The van der Waals surface area contributed by atoms with Gasteiger partial charge < -0.3 is 24.7 Å². The van der Waals surface area contributed by atoms with Crippen LogP contribution in [-0.2, 0) is 4.79 Å². The molecular weight excluding hydrogens is 416 g/mol. The van der Waals surface area contributed by atoms with Crippen LogP contribution in [0.25, 0.3) is 10.9 Å². The van der Waals surface area contributed by atoms with E-state index in [4.69, 9.17) is 9.47 Å². The summed E-state index contributed by atoms with van der Waals surface area (Å²) < 4.78 is 10.6. The third-order valence-corrected chi connectivity index (χ3v) is 5.90.